The van der Waals surface area contributed by atoms with Crippen LogP contribution < -0.4 is 0 Å². The predicted octanol–water partition coefficient (Wildman–Crippen LogP) is 2.97. The third-order valence-corrected chi connectivity index (χ3v) is 3.37. The van der Waals surface area contributed by atoms with Gasteiger partial charge in [0, 0.05) is 16.7 Å². The Morgan fingerprint density at radius 1 is 0.900 bits per heavy atom. The zero-order valence-electron chi connectivity index (χ0n) is 10.9. The van der Waals surface area contributed by atoms with Crippen LogP contribution in [0.2, 0.25) is 0 Å². The normalized spacial score (nSPS) is 13.3. The number of benzene rings is 2. The Bertz CT molecular complexity index is 727. The molecule has 0 fully saturated rings. The fourth-order valence-corrected chi connectivity index (χ4v) is 2.48. The molecule has 98 valence electrons. The molecule has 1 aliphatic rings. The van der Waals surface area contributed by atoms with E-state index < -0.39 is 5.97 Å². The average Bonchev–Trinajstić information content (AvgIpc) is 2.81. The first-order valence-corrected chi connectivity index (χ1v) is 6.26. The maximum Gasteiger partial charge on any atom is 0.339 e. The number of methoxy groups -OCH3 is 1. The van der Waals surface area contributed by atoms with E-state index in [1.807, 2.05) is 36.4 Å². The van der Waals surface area contributed by atoms with E-state index >= 15 is 0 Å². The van der Waals surface area contributed by atoms with E-state index in [1.165, 1.54) is 7.11 Å². The van der Waals surface area contributed by atoms with Gasteiger partial charge in [0.05, 0.1) is 12.7 Å². The van der Waals surface area contributed by atoms with Gasteiger partial charge in [-0.25, -0.2) is 4.79 Å². The van der Waals surface area contributed by atoms with Crippen molar-refractivity contribution in [2.75, 3.05) is 7.11 Å². The summed E-state index contributed by atoms with van der Waals surface area (Å²) in [6.07, 6.45) is 0. The van der Waals surface area contributed by atoms with Gasteiger partial charge in [0.25, 0.3) is 0 Å². The number of ether oxygens (including phenoxy) is 1. The maximum absolute atomic E-state index is 12.6. The highest BCUT2D eigenvalue weighted by Crippen LogP contribution is 2.38. The van der Waals surface area contributed by atoms with E-state index in [0.29, 0.717) is 22.3 Å². The molecule has 3 heteroatoms. The maximum atomic E-state index is 12.6. The first-order valence-electron chi connectivity index (χ1n) is 6.26. The van der Waals surface area contributed by atoms with Crippen LogP contribution in [0.15, 0.2) is 54.6 Å². The molecule has 20 heavy (non-hydrogen) atoms. The van der Waals surface area contributed by atoms with Crippen LogP contribution in [0.25, 0.3) is 11.1 Å². The monoisotopic (exact) mass is 264 g/mol. The highest BCUT2D eigenvalue weighted by atomic mass is 16.5. The number of hydrogen-bond acceptors (Lipinski definition) is 3. The van der Waals surface area contributed by atoms with Crippen LogP contribution in [-0.4, -0.2) is 18.9 Å². The minimum absolute atomic E-state index is 0.132. The van der Waals surface area contributed by atoms with Crippen molar-refractivity contribution in [1.82, 2.24) is 0 Å². The van der Waals surface area contributed by atoms with Gasteiger partial charge in [-0.05, 0) is 5.56 Å². The van der Waals surface area contributed by atoms with Crippen molar-refractivity contribution in [1.29, 1.82) is 0 Å². The molecule has 0 radical (unpaired) electrons. The van der Waals surface area contributed by atoms with Gasteiger partial charge in [0.1, 0.15) is 0 Å². The Morgan fingerprint density at radius 3 is 2.15 bits per heavy atom. The second-order valence-corrected chi connectivity index (χ2v) is 4.48. The van der Waals surface area contributed by atoms with Gasteiger partial charge in [0.2, 0.25) is 0 Å². The first kappa shape index (κ1) is 12.4. The van der Waals surface area contributed by atoms with E-state index in [0.717, 1.165) is 5.56 Å². The summed E-state index contributed by atoms with van der Waals surface area (Å²) < 4.78 is 4.84. The third-order valence-electron chi connectivity index (χ3n) is 3.37. The van der Waals surface area contributed by atoms with E-state index in [-0.39, 0.29) is 5.78 Å². The van der Waals surface area contributed by atoms with Crippen molar-refractivity contribution < 1.29 is 14.3 Å². The number of hydrogen-bond donors (Lipinski definition) is 0. The lowest BCUT2D eigenvalue weighted by atomic mass is 10.00. The van der Waals surface area contributed by atoms with Crippen molar-refractivity contribution in [3.63, 3.8) is 0 Å². The Hall–Kier alpha value is -2.68. The van der Waals surface area contributed by atoms with Crippen molar-refractivity contribution in [2.24, 2.45) is 0 Å². The lowest BCUT2D eigenvalue weighted by molar-refractivity contribution is -0.133. The summed E-state index contributed by atoms with van der Waals surface area (Å²) in [4.78, 5) is 24.6. The number of allylic oxidation sites excluding steroid dienone is 1. The first-order chi connectivity index (χ1) is 9.74. The molecular formula is C17H12O3. The molecule has 0 saturated heterocycles. The van der Waals surface area contributed by atoms with Crippen LogP contribution in [0.3, 0.4) is 0 Å². The largest absolute Gasteiger partial charge is 0.465 e. The molecule has 3 nitrogen and oxygen atoms in total. The fourth-order valence-electron chi connectivity index (χ4n) is 2.48. The van der Waals surface area contributed by atoms with Gasteiger partial charge in [0.15, 0.2) is 5.78 Å². The smallest absolute Gasteiger partial charge is 0.339 e. The van der Waals surface area contributed by atoms with Crippen molar-refractivity contribution >= 4 is 22.9 Å². The fraction of sp³-hybridized carbons (Fsp3) is 0.0588. The van der Waals surface area contributed by atoms with Crippen molar-refractivity contribution in [3.8, 4) is 0 Å². The number of Topliss-reactive ketones (excluding diaryl/α,β-unsaturated/α-hetero) is 1. The summed E-state index contributed by atoms with van der Waals surface area (Å²) in [5.74, 6) is -0.616. The van der Waals surface area contributed by atoms with Crippen LogP contribution in [0.1, 0.15) is 21.5 Å². The minimum Gasteiger partial charge on any atom is -0.465 e. The molecule has 0 aliphatic heterocycles. The average molecular weight is 264 g/mol. The molecule has 0 saturated carbocycles. The summed E-state index contributed by atoms with van der Waals surface area (Å²) in [6, 6.07) is 16.3. The number of rotatable bonds is 2. The Morgan fingerprint density at radius 2 is 1.50 bits per heavy atom. The van der Waals surface area contributed by atoms with Crippen LogP contribution in [-0.2, 0) is 9.53 Å². The van der Waals surface area contributed by atoms with Crippen molar-refractivity contribution in [2.45, 2.75) is 0 Å². The molecular weight excluding hydrogens is 252 g/mol. The van der Waals surface area contributed by atoms with Crippen molar-refractivity contribution in [3.05, 3.63) is 71.3 Å². The number of esters is 1. The number of fused-ring (bicyclic) bond motifs is 1. The van der Waals surface area contributed by atoms with Gasteiger partial charge in [-0.2, -0.15) is 0 Å². The van der Waals surface area contributed by atoms with Gasteiger partial charge >= 0.3 is 5.97 Å². The number of carbonyl (C=O) groups excluding carboxylic acids is 2. The molecule has 2 aromatic rings. The van der Waals surface area contributed by atoms with Gasteiger partial charge in [-0.3, -0.25) is 4.79 Å². The predicted molar refractivity (Wildman–Crippen MR) is 76.0 cm³/mol. The molecule has 0 bridgehead atoms. The molecule has 0 amide bonds. The van der Waals surface area contributed by atoms with Gasteiger partial charge in [-0.15, -0.1) is 0 Å². The summed E-state index contributed by atoms with van der Waals surface area (Å²) >= 11 is 0. The van der Waals surface area contributed by atoms with E-state index in [1.54, 1.807) is 18.2 Å². The zero-order valence-corrected chi connectivity index (χ0v) is 10.9. The Labute approximate surface area is 116 Å². The molecule has 0 N–H and O–H groups in total. The Kier molecular flexibility index (Phi) is 2.95. The molecule has 0 heterocycles. The minimum atomic E-state index is -0.484. The second-order valence-electron chi connectivity index (χ2n) is 4.48. The molecule has 0 atom stereocenters. The van der Waals surface area contributed by atoms with Crippen LogP contribution in [0.5, 0.6) is 0 Å². The molecule has 2 aromatic carbocycles. The van der Waals surface area contributed by atoms with Crippen LogP contribution in [0, 0.1) is 0 Å². The Balaban J connectivity index is 2.29. The second kappa shape index (κ2) is 4.78. The highest BCUT2D eigenvalue weighted by molar-refractivity contribution is 6.48. The quantitative estimate of drug-likeness (QED) is 0.783. The number of carbonyl (C=O) groups is 2. The summed E-state index contributed by atoms with van der Waals surface area (Å²) in [7, 11) is 1.32. The highest BCUT2D eigenvalue weighted by Gasteiger charge is 2.34. The summed E-state index contributed by atoms with van der Waals surface area (Å²) in [5, 5.41) is 0. The summed E-state index contributed by atoms with van der Waals surface area (Å²) in [6.45, 7) is 0. The molecule has 0 spiro atoms. The lowest BCUT2D eigenvalue weighted by Gasteiger charge is -2.05. The van der Waals surface area contributed by atoms with Gasteiger partial charge in [-0.1, -0.05) is 54.6 Å². The third kappa shape index (κ3) is 1.75. The standard InChI is InChI=1S/C17H12O3/c1-20-17(19)15-12-9-5-6-10-13(12)16(18)14(15)11-7-3-2-4-8-11/h2-10H,1H3. The zero-order chi connectivity index (χ0) is 14.1. The summed E-state index contributed by atoms with van der Waals surface area (Å²) in [5.41, 5.74) is 2.68. The van der Waals surface area contributed by atoms with E-state index in [4.69, 9.17) is 4.74 Å². The topological polar surface area (TPSA) is 43.4 Å². The lowest BCUT2D eigenvalue weighted by Crippen LogP contribution is -2.04. The molecule has 1 aliphatic carbocycles. The van der Waals surface area contributed by atoms with E-state index in [9.17, 15) is 9.59 Å². The van der Waals surface area contributed by atoms with Crippen LogP contribution >= 0.6 is 0 Å². The molecule has 3 rings (SSSR count). The molecule has 0 aromatic heterocycles. The van der Waals surface area contributed by atoms with E-state index in [2.05, 4.69) is 0 Å². The van der Waals surface area contributed by atoms with Crippen LogP contribution in [0.4, 0.5) is 0 Å². The van der Waals surface area contributed by atoms with Gasteiger partial charge < -0.3 is 4.74 Å². The molecule has 0 unspecified atom stereocenters. The SMILES string of the molecule is COC(=O)C1=C(c2ccccc2)C(=O)c2ccccc21. The number of ketones is 1.